The molecule has 0 amide bonds. The van der Waals surface area contributed by atoms with E-state index < -0.39 is 22.7 Å². The predicted molar refractivity (Wildman–Crippen MR) is 108 cm³/mol. The van der Waals surface area contributed by atoms with Gasteiger partial charge in [0.05, 0.1) is 5.56 Å². The van der Waals surface area contributed by atoms with Crippen molar-refractivity contribution in [1.82, 2.24) is 0 Å². The van der Waals surface area contributed by atoms with Crippen LogP contribution in [0.5, 0.6) is 5.75 Å². The maximum atomic E-state index is 12.5. The topological polar surface area (TPSA) is 94.8 Å². The minimum Gasteiger partial charge on any atom is -0.507 e. The van der Waals surface area contributed by atoms with E-state index in [0.717, 1.165) is 0 Å². The molecule has 1 aliphatic rings. The number of aliphatic carboxylic acids is 1. The minimum atomic E-state index is -1.20. The molecule has 1 aliphatic carbocycles. The van der Waals surface area contributed by atoms with E-state index >= 15 is 0 Å². The summed E-state index contributed by atoms with van der Waals surface area (Å²) in [4.78, 5) is 24.4. The van der Waals surface area contributed by atoms with Gasteiger partial charge in [0.15, 0.2) is 5.78 Å². The van der Waals surface area contributed by atoms with Gasteiger partial charge in [0.2, 0.25) is 0 Å². The second-order valence-corrected chi connectivity index (χ2v) is 8.78. The Balaban J connectivity index is 2.58. The smallest absolute Gasteiger partial charge is 0.339 e. The van der Waals surface area contributed by atoms with Crippen LogP contribution in [0.3, 0.4) is 0 Å². The number of carbonyl (C=O) groups excluding carboxylic acids is 1. The Morgan fingerprint density at radius 3 is 2.18 bits per heavy atom. The van der Waals surface area contributed by atoms with Crippen molar-refractivity contribution in [1.29, 1.82) is 0 Å². The highest BCUT2D eigenvalue weighted by molar-refractivity contribution is 6.06. The number of carbonyl (C=O) groups is 2. The third-order valence-corrected chi connectivity index (χ3v) is 5.33. The highest BCUT2D eigenvalue weighted by Gasteiger charge is 2.46. The summed E-state index contributed by atoms with van der Waals surface area (Å²) in [6.45, 7) is 11.3. The number of aliphatic hydroxyl groups excluding tert-OH is 1. The molecule has 5 heteroatoms. The normalized spacial score (nSPS) is 20.0. The summed E-state index contributed by atoms with van der Waals surface area (Å²) in [6.07, 6.45) is 3.04. The number of phenols is 1. The number of aromatic hydroxyl groups is 1. The van der Waals surface area contributed by atoms with Crippen LogP contribution < -0.4 is 0 Å². The Labute approximate surface area is 165 Å². The van der Waals surface area contributed by atoms with E-state index in [1.165, 1.54) is 18.2 Å². The van der Waals surface area contributed by atoms with Crippen LogP contribution >= 0.6 is 0 Å². The third kappa shape index (κ3) is 3.75. The SMILES string of the molecule is CC1=C(C(=O)O)C(O)=C(C(C)(C)C)C(C)(C)C1C=CC(=O)c1ccccc1O. The molecule has 1 atom stereocenters. The lowest BCUT2D eigenvalue weighted by atomic mass is 9.58. The fraction of sp³-hybridized carbons (Fsp3) is 0.391. The van der Waals surface area contributed by atoms with Gasteiger partial charge in [-0.2, -0.15) is 0 Å². The van der Waals surface area contributed by atoms with Gasteiger partial charge in [-0.25, -0.2) is 4.79 Å². The molecule has 0 heterocycles. The predicted octanol–water partition coefficient (Wildman–Crippen LogP) is 5.05. The summed E-state index contributed by atoms with van der Waals surface area (Å²) < 4.78 is 0. The number of ketones is 1. The van der Waals surface area contributed by atoms with E-state index in [4.69, 9.17) is 0 Å². The molecule has 150 valence electrons. The van der Waals surface area contributed by atoms with Gasteiger partial charge in [-0.1, -0.05) is 52.8 Å². The molecule has 0 aliphatic heterocycles. The maximum Gasteiger partial charge on any atom is 0.339 e. The first kappa shape index (κ1) is 21.5. The van der Waals surface area contributed by atoms with Crippen molar-refractivity contribution in [2.75, 3.05) is 0 Å². The molecule has 3 N–H and O–H groups in total. The van der Waals surface area contributed by atoms with Crippen LogP contribution in [0.2, 0.25) is 0 Å². The highest BCUT2D eigenvalue weighted by atomic mass is 16.4. The van der Waals surface area contributed by atoms with E-state index in [0.29, 0.717) is 11.1 Å². The van der Waals surface area contributed by atoms with Crippen LogP contribution in [0, 0.1) is 16.7 Å². The lowest BCUT2D eigenvalue weighted by Crippen LogP contribution is -2.38. The molecule has 0 aromatic heterocycles. The molecule has 2 rings (SSSR count). The second kappa shape index (κ2) is 7.30. The number of hydrogen-bond donors (Lipinski definition) is 3. The van der Waals surface area contributed by atoms with Gasteiger partial charge in [-0.05, 0) is 41.7 Å². The van der Waals surface area contributed by atoms with Crippen molar-refractivity contribution in [3.8, 4) is 5.75 Å². The number of benzene rings is 1. The number of aliphatic hydroxyl groups is 1. The zero-order valence-electron chi connectivity index (χ0n) is 17.2. The van der Waals surface area contributed by atoms with E-state index in [-0.39, 0.29) is 28.4 Å². The van der Waals surface area contributed by atoms with Gasteiger partial charge >= 0.3 is 5.97 Å². The van der Waals surface area contributed by atoms with Crippen LogP contribution in [0.1, 0.15) is 51.9 Å². The summed E-state index contributed by atoms with van der Waals surface area (Å²) >= 11 is 0. The third-order valence-electron chi connectivity index (χ3n) is 5.33. The van der Waals surface area contributed by atoms with Crippen LogP contribution in [-0.2, 0) is 4.79 Å². The summed E-state index contributed by atoms with van der Waals surface area (Å²) in [5, 5.41) is 30.3. The first-order chi connectivity index (χ1) is 12.8. The second-order valence-electron chi connectivity index (χ2n) is 8.78. The van der Waals surface area contributed by atoms with Gasteiger partial charge in [0.1, 0.15) is 17.1 Å². The van der Waals surface area contributed by atoms with Crippen molar-refractivity contribution >= 4 is 11.8 Å². The Morgan fingerprint density at radius 1 is 1.11 bits per heavy atom. The highest BCUT2D eigenvalue weighted by Crippen LogP contribution is 2.53. The van der Waals surface area contributed by atoms with E-state index in [9.17, 15) is 24.9 Å². The summed E-state index contributed by atoms with van der Waals surface area (Å²) in [5.41, 5.74) is 0.108. The number of carboxylic acids is 1. The molecule has 28 heavy (non-hydrogen) atoms. The zero-order chi connectivity index (χ0) is 21.4. The lowest BCUT2D eigenvalue weighted by Gasteiger charge is -2.45. The molecule has 5 nitrogen and oxygen atoms in total. The molecule has 0 radical (unpaired) electrons. The average Bonchev–Trinajstić information content (AvgIpc) is 2.52. The molecule has 1 aromatic carbocycles. The van der Waals surface area contributed by atoms with Gasteiger partial charge in [0, 0.05) is 11.3 Å². The molecular formula is C23H28O5. The molecule has 1 unspecified atom stereocenters. The van der Waals surface area contributed by atoms with Gasteiger partial charge in [-0.15, -0.1) is 0 Å². The molecule has 0 bridgehead atoms. The number of para-hydroxylation sites is 1. The lowest BCUT2D eigenvalue weighted by molar-refractivity contribution is -0.132. The standard InChI is InChI=1S/C23H28O5/c1-13-15(11-12-17(25)14-9-7-8-10-16(14)24)23(5,6)20(22(2,3)4)19(26)18(13)21(27)28/h7-12,15,24,26H,1-6H3,(H,27,28). The number of allylic oxidation sites excluding steroid dienone is 4. The van der Waals surface area contributed by atoms with Crippen molar-refractivity contribution in [2.45, 2.75) is 41.5 Å². The fourth-order valence-corrected chi connectivity index (χ4v) is 4.40. The maximum absolute atomic E-state index is 12.5. The molecule has 0 fully saturated rings. The van der Waals surface area contributed by atoms with Crippen LogP contribution in [0.4, 0.5) is 0 Å². The Hall–Kier alpha value is -2.82. The van der Waals surface area contributed by atoms with Crippen molar-refractivity contribution < 1.29 is 24.9 Å². The van der Waals surface area contributed by atoms with Crippen LogP contribution in [-0.4, -0.2) is 27.1 Å². The monoisotopic (exact) mass is 384 g/mol. The first-order valence-electron chi connectivity index (χ1n) is 9.19. The van der Waals surface area contributed by atoms with E-state index in [2.05, 4.69) is 0 Å². The Morgan fingerprint density at radius 2 is 1.68 bits per heavy atom. The summed E-state index contributed by atoms with van der Waals surface area (Å²) in [5.74, 6) is -2.27. The van der Waals surface area contributed by atoms with Crippen LogP contribution in [0.25, 0.3) is 0 Å². The van der Waals surface area contributed by atoms with Crippen molar-refractivity contribution in [2.24, 2.45) is 16.7 Å². The van der Waals surface area contributed by atoms with E-state index in [1.807, 2.05) is 34.6 Å². The van der Waals surface area contributed by atoms with Crippen molar-refractivity contribution in [3.63, 3.8) is 0 Å². The number of hydrogen-bond acceptors (Lipinski definition) is 4. The van der Waals surface area contributed by atoms with Gasteiger partial charge < -0.3 is 15.3 Å². The van der Waals surface area contributed by atoms with Gasteiger partial charge in [0.25, 0.3) is 0 Å². The van der Waals surface area contributed by atoms with E-state index in [1.54, 1.807) is 25.1 Å². The number of rotatable bonds is 4. The number of phenolic OH excluding ortho intramolecular Hbond substituents is 1. The summed E-state index contributed by atoms with van der Waals surface area (Å²) in [6, 6.07) is 6.27. The summed E-state index contributed by atoms with van der Waals surface area (Å²) in [7, 11) is 0. The number of carboxylic acid groups (broad SMARTS) is 1. The molecule has 0 saturated heterocycles. The quantitative estimate of drug-likeness (QED) is 0.499. The molecule has 0 saturated carbocycles. The molecular weight excluding hydrogens is 356 g/mol. The Kier molecular flexibility index (Phi) is 5.60. The fourth-order valence-electron chi connectivity index (χ4n) is 4.40. The zero-order valence-corrected chi connectivity index (χ0v) is 17.2. The van der Waals surface area contributed by atoms with Crippen molar-refractivity contribution in [3.05, 3.63) is 64.5 Å². The largest absolute Gasteiger partial charge is 0.507 e. The average molecular weight is 384 g/mol. The Bertz CT molecular complexity index is 907. The van der Waals surface area contributed by atoms with Gasteiger partial charge in [-0.3, -0.25) is 4.79 Å². The molecule has 1 aromatic rings. The molecule has 0 spiro atoms. The van der Waals surface area contributed by atoms with Crippen LogP contribution in [0.15, 0.2) is 58.9 Å². The first-order valence-corrected chi connectivity index (χ1v) is 9.19. The minimum absolute atomic E-state index is 0.105.